The van der Waals surface area contributed by atoms with Crippen LogP contribution in [0.2, 0.25) is 0 Å². The van der Waals surface area contributed by atoms with Crippen molar-refractivity contribution in [2.75, 3.05) is 11.5 Å². The number of amides is 1. The molecule has 31 heavy (non-hydrogen) atoms. The van der Waals surface area contributed by atoms with Gasteiger partial charge in [0.25, 0.3) is 5.91 Å². The van der Waals surface area contributed by atoms with Crippen LogP contribution < -0.4 is 5.73 Å². The number of thiophene rings is 1. The first-order chi connectivity index (χ1) is 14.8. The molecule has 3 aromatic heterocycles. The first kappa shape index (κ1) is 20.7. The van der Waals surface area contributed by atoms with Crippen molar-refractivity contribution < 1.29 is 13.9 Å². The minimum atomic E-state index is -2.44. The van der Waals surface area contributed by atoms with Crippen LogP contribution in [0.5, 0.6) is 0 Å². The number of carbonyl (C=O) groups excluding carboxylic acids is 1. The SMILES string of the molecule is Cc1nc(-c2ccc(-c3cc(C(N)=O)c4[nH]cc(C5CCS(O)(O)CC5)c4c3)s2)cs1. The summed E-state index contributed by atoms with van der Waals surface area (Å²) in [6.45, 7) is 1.99. The van der Waals surface area contributed by atoms with E-state index >= 15 is 0 Å². The smallest absolute Gasteiger partial charge is 0.250 e. The third kappa shape index (κ3) is 3.92. The highest BCUT2D eigenvalue weighted by atomic mass is 32.3. The number of carbonyl (C=O) groups is 1. The number of fused-ring (bicyclic) bond motifs is 1. The Bertz CT molecular complexity index is 1280. The third-order valence-electron chi connectivity index (χ3n) is 5.88. The van der Waals surface area contributed by atoms with E-state index in [1.54, 1.807) is 22.7 Å². The monoisotopic (exact) mass is 473 g/mol. The number of nitrogens with one attached hydrogen (secondary N) is 1. The Morgan fingerprint density at radius 2 is 1.97 bits per heavy atom. The van der Waals surface area contributed by atoms with Crippen molar-refractivity contribution in [3.63, 3.8) is 0 Å². The van der Waals surface area contributed by atoms with Crippen molar-refractivity contribution in [3.8, 4) is 21.0 Å². The number of rotatable bonds is 4. The first-order valence-electron chi connectivity index (χ1n) is 10.0. The largest absolute Gasteiger partial charge is 0.366 e. The molecule has 162 valence electrons. The molecule has 0 saturated carbocycles. The van der Waals surface area contributed by atoms with Crippen LogP contribution in [0.1, 0.15) is 39.7 Å². The Morgan fingerprint density at radius 3 is 2.65 bits per heavy atom. The summed E-state index contributed by atoms with van der Waals surface area (Å²) in [5.41, 5.74) is 9.97. The van der Waals surface area contributed by atoms with Crippen molar-refractivity contribution in [2.45, 2.75) is 25.7 Å². The average molecular weight is 474 g/mol. The quantitative estimate of drug-likeness (QED) is 0.289. The molecule has 0 bridgehead atoms. The molecule has 6 nitrogen and oxygen atoms in total. The number of thiazole rings is 1. The fourth-order valence-electron chi connectivity index (χ4n) is 4.25. The second kappa shape index (κ2) is 7.75. The molecule has 0 atom stereocenters. The van der Waals surface area contributed by atoms with Gasteiger partial charge in [0.05, 0.1) is 26.7 Å². The lowest BCUT2D eigenvalue weighted by atomic mass is 9.91. The van der Waals surface area contributed by atoms with E-state index in [9.17, 15) is 13.9 Å². The van der Waals surface area contributed by atoms with Gasteiger partial charge in [-0.1, -0.05) is 0 Å². The molecule has 1 fully saturated rings. The third-order valence-corrected chi connectivity index (χ3v) is 9.58. The van der Waals surface area contributed by atoms with Gasteiger partial charge in [0.15, 0.2) is 0 Å². The van der Waals surface area contributed by atoms with Gasteiger partial charge in [0, 0.05) is 33.3 Å². The van der Waals surface area contributed by atoms with Gasteiger partial charge in [-0.3, -0.25) is 13.9 Å². The molecule has 1 saturated heterocycles. The summed E-state index contributed by atoms with van der Waals surface area (Å²) in [7, 11) is -2.44. The Labute approximate surface area is 189 Å². The Morgan fingerprint density at radius 1 is 1.23 bits per heavy atom. The van der Waals surface area contributed by atoms with E-state index in [-0.39, 0.29) is 5.92 Å². The lowest BCUT2D eigenvalue weighted by molar-refractivity contribution is 0.100. The fourth-order valence-corrected chi connectivity index (χ4v) is 7.42. The molecule has 4 aromatic rings. The van der Waals surface area contributed by atoms with Gasteiger partial charge >= 0.3 is 0 Å². The number of benzene rings is 1. The first-order valence-corrected chi connectivity index (χ1v) is 13.6. The molecule has 1 aliphatic rings. The van der Waals surface area contributed by atoms with E-state index < -0.39 is 16.5 Å². The second-order valence-electron chi connectivity index (χ2n) is 7.95. The summed E-state index contributed by atoms with van der Waals surface area (Å²) in [5.74, 6) is 0.605. The molecular weight excluding hydrogens is 450 g/mol. The lowest BCUT2D eigenvalue weighted by Gasteiger charge is -2.39. The zero-order valence-corrected chi connectivity index (χ0v) is 19.4. The highest BCUT2D eigenvalue weighted by Crippen LogP contribution is 2.49. The summed E-state index contributed by atoms with van der Waals surface area (Å²) in [5, 5.41) is 4.07. The molecule has 0 unspecified atom stereocenters. The zero-order chi connectivity index (χ0) is 21.8. The molecule has 5 rings (SSSR count). The number of aromatic amines is 1. The number of hydrogen-bond acceptors (Lipinski definition) is 6. The maximum absolute atomic E-state index is 12.2. The number of hydrogen-bond donors (Lipinski definition) is 4. The van der Waals surface area contributed by atoms with Crippen molar-refractivity contribution >= 4 is 50.1 Å². The highest BCUT2D eigenvalue weighted by molar-refractivity contribution is 8.24. The van der Waals surface area contributed by atoms with E-state index in [0.717, 1.165) is 55.3 Å². The maximum Gasteiger partial charge on any atom is 0.250 e. The van der Waals surface area contributed by atoms with Crippen LogP contribution in [-0.4, -0.2) is 36.5 Å². The molecule has 1 aliphatic heterocycles. The van der Waals surface area contributed by atoms with E-state index in [1.165, 1.54) is 0 Å². The number of aromatic nitrogens is 2. The summed E-state index contributed by atoms with van der Waals surface area (Å²) >= 11 is 3.27. The Hall–Kier alpha value is -2.17. The van der Waals surface area contributed by atoms with Crippen LogP contribution in [0.25, 0.3) is 31.9 Å². The highest BCUT2D eigenvalue weighted by Gasteiger charge is 2.27. The molecule has 0 radical (unpaired) electrons. The van der Waals surface area contributed by atoms with Crippen LogP contribution in [0.15, 0.2) is 35.8 Å². The van der Waals surface area contributed by atoms with Crippen molar-refractivity contribution in [2.24, 2.45) is 5.73 Å². The number of nitrogens with two attached hydrogens (primary N) is 1. The van der Waals surface area contributed by atoms with E-state index in [0.29, 0.717) is 17.1 Å². The van der Waals surface area contributed by atoms with E-state index in [1.807, 2.05) is 19.2 Å². The van der Waals surface area contributed by atoms with E-state index in [2.05, 4.69) is 33.5 Å². The van der Waals surface area contributed by atoms with Gasteiger partial charge < -0.3 is 10.7 Å². The topological polar surface area (TPSA) is 112 Å². The summed E-state index contributed by atoms with van der Waals surface area (Å²) in [6.07, 6.45) is 3.38. The van der Waals surface area contributed by atoms with Gasteiger partial charge in [0.1, 0.15) is 0 Å². The van der Waals surface area contributed by atoms with Crippen LogP contribution >= 0.6 is 33.3 Å². The lowest BCUT2D eigenvalue weighted by Crippen LogP contribution is -2.19. The molecule has 5 N–H and O–H groups in total. The van der Waals surface area contributed by atoms with Gasteiger partial charge in [-0.25, -0.2) is 4.98 Å². The molecule has 4 heterocycles. The van der Waals surface area contributed by atoms with Crippen molar-refractivity contribution in [1.82, 2.24) is 9.97 Å². The Kier molecular flexibility index (Phi) is 5.18. The predicted octanol–water partition coefficient (Wildman–Crippen LogP) is 6.06. The molecule has 0 spiro atoms. The fraction of sp³-hybridized carbons (Fsp3) is 0.273. The Balaban J connectivity index is 1.58. The predicted molar refractivity (Wildman–Crippen MR) is 131 cm³/mol. The minimum absolute atomic E-state index is 0.224. The number of nitrogens with zero attached hydrogens (tertiary/aromatic N) is 1. The summed E-state index contributed by atoms with van der Waals surface area (Å²) < 4.78 is 20.0. The number of primary amides is 1. The van der Waals surface area contributed by atoms with Crippen molar-refractivity contribution in [3.05, 3.63) is 52.0 Å². The molecule has 1 amide bonds. The maximum atomic E-state index is 12.2. The minimum Gasteiger partial charge on any atom is -0.366 e. The molecule has 9 heteroatoms. The zero-order valence-electron chi connectivity index (χ0n) is 16.9. The average Bonchev–Trinajstić information content (AvgIpc) is 3.46. The summed E-state index contributed by atoms with van der Waals surface area (Å²) in [4.78, 5) is 22.2. The van der Waals surface area contributed by atoms with Gasteiger partial charge in [-0.2, -0.15) is 10.6 Å². The van der Waals surface area contributed by atoms with Crippen molar-refractivity contribution in [1.29, 1.82) is 0 Å². The number of aryl methyl sites for hydroxylation is 1. The molecule has 0 aliphatic carbocycles. The standard InChI is InChI=1S/C22H23N3O3S3/c1-12-25-18(11-29-12)20-3-2-19(30-20)14-8-15-17(13-4-6-31(27,28)7-5-13)10-24-21(15)16(9-14)22(23)26/h2-3,8-11,13,24,27-28H,4-7H2,1H3,(H2,23,26). The molecule has 1 aromatic carbocycles. The van der Waals surface area contributed by atoms with Crippen LogP contribution in [0.3, 0.4) is 0 Å². The van der Waals surface area contributed by atoms with Crippen LogP contribution in [-0.2, 0) is 0 Å². The summed E-state index contributed by atoms with van der Waals surface area (Å²) in [6, 6.07) is 8.09. The van der Waals surface area contributed by atoms with Crippen LogP contribution in [0.4, 0.5) is 0 Å². The molecular formula is C22H23N3O3S3. The van der Waals surface area contributed by atoms with Gasteiger partial charge in [0.2, 0.25) is 0 Å². The normalized spacial score (nSPS) is 17.8. The van der Waals surface area contributed by atoms with Crippen LogP contribution in [0, 0.1) is 6.92 Å². The van der Waals surface area contributed by atoms with E-state index in [4.69, 9.17) is 5.73 Å². The van der Waals surface area contributed by atoms with Gasteiger partial charge in [-0.15, -0.1) is 22.7 Å². The second-order valence-corrected chi connectivity index (χ2v) is 12.5. The van der Waals surface area contributed by atoms with Gasteiger partial charge in [-0.05, 0) is 61.1 Å². The number of H-pyrrole nitrogens is 1.